The summed E-state index contributed by atoms with van der Waals surface area (Å²) in [6, 6.07) is 13.0. The summed E-state index contributed by atoms with van der Waals surface area (Å²) in [6.45, 7) is 9.03. The Kier molecular flexibility index (Phi) is 7.20. The largest absolute Gasteiger partial charge is 0.447 e. The third kappa shape index (κ3) is 6.06. The first-order chi connectivity index (χ1) is 15.9. The second-order valence-corrected chi connectivity index (χ2v) is 8.92. The second-order valence-electron chi connectivity index (χ2n) is 8.92. The molecule has 0 saturated carbocycles. The molecule has 1 aromatic heterocycles. The molecule has 0 atom stereocenters. The summed E-state index contributed by atoms with van der Waals surface area (Å²) in [5.41, 5.74) is 4.99. The van der Waals surface area contributed by atoms with Gasteiger partial charge in [-0.15, -0.1) is 0 Å². The number of oxazole rings is 1. The van der Waals surface area contributed by atoms with Gasteiger partial charge in [0.15, 0.2) is 5.69 Å². The molecule has 0 aliphatic carbocycles. The smallest absolute Gasteiger partial charge is 0.275 e. The van der Waals surface area contributed by atoms with Crippen LogP contribution in [0.3, 0.4) is 0 Å². The zero-order valence-corrected chi connectivity index (χ0v) is 19.6. The summed E-state index contributed by atoms with van der Waals surface area (Å²) in [7, 11) is 2.06. The normalized spacial score (nSPS) is 14.8. The minimum atomic E-state index is -0.250. The van der Waals surface area contributed by atoms with Gasteiger partial charge in [0.1, 0.15) is 12.1 Å². The number of hydrogen-bond acceptors (Lipinski definition) is 5. The van der Waals surface area contributed by atoms with Gasteiger partial charge in [0.25, 0.3) is 5.91 Å². The van der Waals surface area contributed by atoms with E-state index >= 15 is 0 Å². The van der Waals surface area contributed by atoms with Gasteiger partial charge in [0.05, 0.1) is 6.54 Å². The Balaban J connectivity index is 1.50. The number of likely N-dealkylation sites (N-methyl/N-ethyl adjacent to an activating group) is 1. The summed E-state index contributed by atoms with van der Waals surface area (Å²) < 4.78 is 19.1. The number of amides is 1. The first kappa shape index (κ1) is 23.1. The van der Waals surface area contributed by atoms with Crippen LogP contribution in [0, 0.1) is 19.7 Å². The highest BCUT2D eigenvalue weighted by Gasteiger charge is 2.23. The molecule has 1 fully saturated rings. The van der Waals surface area contributed by atoms with Gasteiger partial charge < -0.3 is 14.2 Å². The van der Waals surface area contributed by atoms with Crippen molar-refractivity contribution in [3.8, 4) is 0 Å². The van der Waals surface area contributed by atoms with E-state index in [0.29, 0.717) is 44.3 Å². The van der Waals surface area contributed by atoms with Crippen LogP contribution in [0.1, 0.15) is 38.6 Å². The highest BCUT2D eigenvalue weighted by Crippen LogP contribution is 2.19. The van der Waals surface area contributed by atoms with Crippen molar-refractivity contribution in [2.75, 3.05) is 33.2 Å². The first-order valence-corrected chi connectivity index (χ1v) is 11.3. The van der Waals surface area contributed by atoms with E-state index in [2.05, 4.69) is 53.9 Å². The topological polar surface area (TPSA) is 52.8 Å². The Morgan fingerprint density at radius 1 is 1.03 bits per heavy atom. The van der Waals surface area contributed by atoms with Crippen molar-refractivity contribution < 1.29 is 13.6 Å². The van der Waals surface area contributed by atoms with E-state index in [0.717, 1.165) is 18.7 Å². The van der Waals surface area contributed by atoms with E-state index in [1.807, 2.05) is 4.90 Å². The molecule has 3 aromatic rings. The molecule has 1 saturated heterocycles. The molecule has 1 aliphatic rings. The van der Waals surface area contributed by atoms with Crippen molar-refractivity contribution in [3.05, 3.63) is 88.4 Å². The number of nitrogens with zero attached hydrogens (tertiary/aromatic N) is 4. The van der Waals surface area contributed by atoms with Gasteiger partial charge in [-0.1, -0.05) is 35.9 Å². The Bertz CT molecular complexity index is 1090. The first-order valence-electron chi connectivity index (χ1n) is 11.3. The van der Waals surface area contributed by atoms with Crippen LogP contribution >= 0.6 is 0 Å². The number of aryl methyl sites for hydroxylation is 2. The van der Waals surface area contributed by atoms with Crippen LogP contribution in [0.2, 0.25) is 0 Å². The van der Waals surface area contributed by atoms with Gasteiger partial charge in [0, 0.05) is 39.3 Å². The fraction of sp³-hybridized carbons (Fsp3) is 0.385. The fourth-order valence-electron chi connectivity index (χ4n) is 4.07. The molecular weight excluding hydrogens is 419 g/mol. The molecule has 7 heteroatoms. The van der Waals surface area contributed by atoms with E-state index in [4.69, 9.17) is 4.42 Å². The third-order valence-electron chi connectivity index (χ3n) is 6.14. The van der Waals surface area contributed by atoms with E-state index in [-0.39, 0.29) is 11.7 Å². The second kappa shape index (κ2) is 10.3. The molecule has 2 aromatic carbocycles. The Morgan fingerprint density at radius 3 is 2.48 bits per heavy atom. The lowest BCUT2D eigenvalue weighted by molar-refractivity contribution is 0.0658. The molecule has 2 heterocycles. The van der Waals surface area contributed by atoms with Crippen LogP contribution in [0.4, 0.5) is 4.39 Å². The standard InChI is InChI=1S/C26H31FN4O2/c1-19-4-5-20(2)22(14-19)16-30(15-21-6-8-23(27)9-7-21)17-25-28-24(18-33-25)26(32)31-12-10-29(3)11-13-31/h4-9,14,18H,10-13,15-17H2,1-3H3. The number of aromatic nitrogens is 1. The monoisotopic (exact) mass is 450 g/mol. The lowest BCUT2D eigenvalue weighted by Gasteiger charge is -2.31. The minimum Gasteiger partial charge on any atom is -0.447 e. The Morgan fingerprint density at radius 2 is 1.76 bits per heavy atom. The predicted molar refractivity (Wildman–Crippen MR) is 125 cm³/mol. The van der Waals surface area contributed by atoms with Crippen molar-refractivity contribution in [3.63, 3.8) is 0 Å². The van der Waals surface area contributed by atoms with Gasteiger partial charge in [-0.25, -0.2) is 9.37 Å². The van der Waals surface area contributed by atoms with Crippen molar-refractivity contribution in [2.24, 2.45) is 0 Å². The SMILES string of the molecule is Cc1ccc(C)c(CN(Cc2ccc(F)cc2)Cc2nc(C(=O)N3CCN(C)CC3)co2)c1. The van der Waals surface area contributed by atoms with Crippen LogP contribution in [-0.4, -0.2) is 58.8 Å². The molecule has 1 aliphatic heterocycles. The van der Waals surface area contributed by atoms with E-state index in [1.54, 1.807) is 12.1 Å². The number of piperazine rings is 1. The maximum Gasteiger partial charge on any atom is 0.275 e. The van der Waals surface area contributed by atoms with Crippen LogP contribution in [-0.2, 0) is 19.6 Å². The third-order valence-corrected chi connectivity index (χ3v) is 6.14. The van der Waals surface area contributed by atoms with Crippen molar-refractivity contribution in [1.29, 1.82) is 0 Å². The maximum absolute atomic E-state index is 13.4. The quantitative estimate of drug-likeness (QED) is 0.544. The molecule has 0 N–H and O–H groups in total. The van der Waals surface area contributed by atoms with Crippen LogP contribution in [0.5, 0.6) is 0 Å². The number of benzene rings is 2. The van der Waals surface area contributed by atoms with Gasteiger partial charge in [-0.2, -0.15) is 0 Å². The number of carbonyl (C=O) groups is 1. The van der Waals surface area contributed by atoms with Crippen molar-refractivity contribution >= 4 is 5.91 Å². The fourth-order valence-corrected chi connectivity index (χ4v) is 4.07. The van der Waals surface area contributed by atoms with E-state index in [9.17, 15) is 9.18 Å². The summed E-state index contributed by atoms with van der Waals surface area (Å²) >= 11 is 0. The molecule has 4 rings (SSSR count). The van der Waals surface area contributed by atoms with Crippen LogP contribution < -0.4 is 0 Å². The van der Waals surface area contributed by atoms with E-state index < -0.39 is 0 Å². The highest BCUT2D eigenvalue weighted by molar-refractivity contribution is 5.92. The molecule has 174 valence electrons. The molecule has 6 nitrogen and oxygen atoms in total. The zero-order chi connectivity index (χ0) is 23.4. The molecule has 0 radical (unpaired) electrons. The number of hydrogen-bond donors (Lipinski definition) is 0. The molecule has 1 amide bonds. The maximum atomic E-state index is 13.4. The Hall–Kier alpha value is -3.03. The van der Waals surface area contributed by atoms with Crippen LogP contribution in [0.25, 0.3) is 0 Å². The van der Waals surface area contributed by atoms with Crippen molar-refractivity contribution in [2.45, 2.75) is 33.5 Å². The van der Waals surface area contributed by atoms with Gasteiger partial charge in [-0.3, -0.25) is 9.69 Å². The molecule has 0 unspecified atom stereocenters. The van der Waals surface area contributed by atoms with Crippen LogP contribution in [0.15, 0.2) is 53.1 Å². The molecule has 0 spiro atoms. The number of halogens is 1. The molecule has 0 bridgehead atoms. The summed E-state index contributed by atoms with van der Waals surface area (Å²) in [4.78, 5) is 23.6. The molecule has 33 heavy (non-hydrogen) atoms. The lowest BCUT2D eigenvalue weighted by atomic mass is 10.0. The van der Waals surface area contributed by atoms with Gasteiger partial charge >= 0.3 is 0 Å². The number of carbonyl (C=O) groups excluding carboxylic acids is 1. The average molecular weight is 451 g/mol. The summed E-state index contributed by atoms with van der Waals surface area (Å²) in [6.07, 6.45) is 1.46. The Labute approximate surface area is 194 Å². The number of rotatable bonds is 7. The van der Waals surface area contributed by atoms with Gasteiger partial charge in [-0.05, 0) is 49.7 Å². The minimum absolute atomic E-state index is 0.0855. The predicted octanol–water partition coefficient (Wildman–Crippen LogP) is 4.02. The summed E-state index contributed by atoms with van der Waals surface area (Å²) in [5, 5.41) is 0. The zero-order valence-electron chi connectivity index (χ0n) is 19.6. The highest BCUT2D eigenvalue weighted by atomic mass is 19.1. The lowest BCUT2D eigenvalue weighted by Crippen LogP contribution is -2.47. The molecular formula is C26H31FN4O2. The average Bonchev–Trinajstić information content (AvgIpc) is 3.26. The van der Waals surface area contributed by atoms with Crippen molar-refractivity contribution in [1.82, 2.24) is 19.7 Å². The van der Waals surface area contributed by atoms with E-state index in [1.165, 1.54) is 35.1 Å². The summed E-state index contributed by atoms with van der Waals surface area (Å²) in [5.74, 6) is 0.164. The van der Waals surface area contributed by atoms with Gasteiger partial charge in [0.2, 0.25) is 5.89 Å².